The molecule has 0 bridgehead atoms. The van der Waals surface area contributed by atoms with Crippen molar-refractivity contribution in [3.8, 4) is 5.75 Å². The number of hydrogen-bond acceptors (Lipinski definition) is 4. The summed E-state index contributed by atoms with van der Waals surface area (Å²) < 4.78 is 44.8. The fourth-order valence-electron chi connectivity index (χ4n) is 3.40. The first-order valence-corrected chi connectivity index (χ1v) is 8.94. The second-order valence-corrected chi connectivity index (χ2v) is 6.52. The molecule has 0 aromatic heterocycles. The lowest BCUT2D eigenvalue weighted by molar-refractivity contribution is -0.137. The van der Waals surface area contributed by atoms with E-state index in [1.54, 1.807) is 7.11 Å². The Labute approximate surface area is 173 Å². The standard InChI is InChI=1S/C20H22F3N3O2.ClH/c1-28-18-9-5-2-6-14(18)17-12-24-10-11-26(17)13-19(27)25-16-8-4-3-7-15(16)20(21,22)23;/h2-9,17,24H,10-13H2,1H3,(H,25,27);1H. The molecule has 9 heteroatoms. The van der Waals surface area contributed by atoms with Crippen molar-refractivity contribution in [1.82, 2.24) is 10.2 Å². The Bertz CT molecular complexity index is 833. The van der Waals surface area contributed by atoms with Gasteiger partial charge in [0.25, 0.3) is 0 Å². The molecule has 1 atom stereocenters. The second-order valence-electron chi connectivity index (χ2n) is 6.52. The number of para-hydroxylation sites is 2. The van der Waals surface area contributed by atoms with E-state index < -0.39 is 17.6 Å². The quantitative estimate of drug-likeness (QED) is 0.760. The fourth-order valence-corrected chi connectivity index (χ4v) is 3.40. The fraction of sp³-hybridized carbons (Fsp3) is 0.350. The molecule has 1 saturated heterocycles. The van der Waals surface area contributed by atoms with Crippen molar-refractivity contribution in [3.05, 3.63) is 59.7 Å². The third-order valence-electron chi connectivity index (χ3n) is 4.71. The van der Waals surface area contributed by atoms with Gasteiger partial charge in [0.05, 0.1) is 30.9 Å². The lowest BCUT2D eigenvalue weighted by atomic mass is 10.0. The number of piperazine rings is 1. The third-order valence-corrected chi connectivity index (χ3v) is 4.71. The molecule has 1 fully saturated rings. The van der Waals surface area contributed by atoms with E-state index in [4.69, 9.17) is 4.74 Å². The summed E-state index contributed by atoms with van der Waals surface area (Å²) in [6.07, 6.45) is -4.53. The van der Waals surface area contributed by atoms with Crippen molar-refractivity contribution in [2.24, 2.45) is 0 Å². The molecular formula is C20H23ClF3N3O2. The highest BCUT2D eigenvalue weighted by Crippen LogP contribution is 2.35. The van der Waals surface area contributed by atoms with E-state index in [1.165, 1.54) is 18.2 Å². The van der Waals surface area contributed by atoms with Gasteiger partial charge in [0.1, 0.15) is 5.75 Å². The molecule has 2 N–H and O–H groups in total. The first-order chi connectivity index (χ1) is 13.4. The number of nitrogens with one attached hydrogen (secondary N) is 2. The molecule has 2 aromatic carbocycles. The van der Waals surface area contributed by atoms with Gasteiger partial charge in [0.15, 0.2) is 0 Å². The number of halogens is 4. The van der Waals surface area contributed by atoms with Crippen molar-refractivity contribution >= 4 is 24.0 Å². The number of nitrogens with zero attached hydrogens (tertiary/aromatic N) is 1. The molecule has 2 aromatic rings. The van der Waals surface area contributed by atoms with E-state index in [0.29, 0.717) is 25.4 Å². The Hall–Kier alpha value is -2.29. The van der Waals surface area contributed by atoms with Crippen molar-refractivity contribution in [2.75, 3.05) is 38.6 Å². The van der Waals surface area contributed by atoms with Crippen LogP contribution in [0.3, 0.4) is 0 Å². The molecule has 0 aliphatic carbocycles. The van der Waals surface area contributed by atoms with Crippen LogP contribution in [0.15, 0.2) is 48.5 Å². The van der Waals surface area contributed by atoms with Gasteiger partial charge in [-0.3, -0.25) is 9.69 Å². The summed E-state index contributed by atoms with van der Waals surface area (Å²) in [7, 11) is 1.58. The minimum Gasteiger partial charge on any atom is -0.496 e. The normalized spacial score (nSPS) is 17.3. The maximum atomic E-state index is 13.1. The Kier molecular flexibility index (Phi) is 7.89. The van der Waals surface area contributed by atoms with Gasteiger partial charge >= 0.3 is 6.18 Å². The van der Waals surface area contributed by atoms with Crippen LogP contribution in [0.5, 0.6) is 5.75 Å². The minimum atomic E-state index is -4.53. The highest BCUT2D eigenvalue weighted by atomic mass is 35.5. The maximum Gasteiger partial charge on any atom is 0.418 e. The molecule has 1 amide bonds. The Morgan fingerprint density at radius 1 is 1.21 bits per heavy atom. The molecule has 29 heavy (non-hydrogen) atoms. The summed E-state index contributed by atoms with van der Waals surface area (Å²) in [4.78, 5) is 14.5. The van der Waals surface area contributed by atoms with Crippen LogP contribution in [-0.4, -0.2) is 44.1 Å². The molecule has 0 saturated carbocycles. The smallest absolute Gasteiger partial charge is 0.418 e. The summed E-state index contributed by atoms with van der Waals surface area (Å²) in [6, 6.07) is 12.4. The molecule has 158 valence electrons. The van der Waals surface area contributed by atoms with E-state index in [-0.39, 0.29) is 30.7 Å². The maximum absolute atomic E-state index is 13.1. The molecule has 5 nitrogen and oxygen atoms in total. The average Bonchev–Trinajstić information content (AvgIpc) is 2.68. The molecule has 1 aliphatic rings. The minimum absolute atomic E-state index is 0. The van der Waals surface area contributed by atoms with Gasteiger partial charge in [-0.1, -0.05) is 30.3 Å². The van der Waals surface area contributed by atoms with Crippen LogP contribution in [0, 0.1) is 0 Å². The van der Waals surface area contributed by atoms with Crippen molar-refractivity contribution in [2.45, 2.75) is 12.2 Å². The number of amides is 1. The molecule has 0 spiro atoms. The monoisotopic (exact) mass is 429 g/mol. The van der Waals surface area contributed by atoms with Gasteiger partial charge in [-0.2, -0.15) is 13.2 Å². The number of carbonyl (C=O) groups excluding carboxylic acids is 1. The van der Waals surface area contributed by atoms with E-state index >= 15 is 0 Å². The molecule has 1 heterocycles. The van der Waals surface area contributed by atoms with Crippen LogP contribution < -0.4 is 15.4 Å². The van der Waals surface area contributed by atoms with Gasteiger partial charge in [-0.25, -0.2) is 0 Å². The van der Waals surface area contributed by atoms with Gasteiger partial charge in [-0.05, 0) is 18.2 Å². The highest BCUT2D eigenvalue weighted by molar-refractivity contribution is 5.93. The zero-order chi connectivity index (χ0) is 20.1. The number of methoxy groups -OCH3 is 1. The number of anilines is 1. The van der Waals surface area contributed by atoms with E-state index in [1.807, 2.05) is 29.2 Å². The van der Waals surface area contributed by atoms with E-state index in [2.05, 4.69) is 10.6 Å². The van der Waals surface area contributed by atoms with Crippen LogP contribution in [-0.2, 0) is 11.0 Å². The van der Waals surface area contributed by atoms with Crippen LogP contribution in [0.1, 0.15) is 17.2 Å². The number of rotatable bonds is 5. The third kappa shape index (κ3) is 5.62. The Morgan fingerprint density at radius 2 is 1.90 bits per heavy atom. The van der Waals surface area contributed by atoms with Gasteiger partial charge < -0.3 is 15.4 Å². The van der Waals surface area contributed by atoms with Crippen LogP contribution in [0.25, 0.3) is 0 Å². The summed E-state index contributed by atoms with van der Waals surface area (Å²) in [5.41, 5.74) is -0.158. The second kappa shape index (κ2) is 9.96. The van der Waals surface area contributed by atoms with Crippen LogP contribution in [0.2, 0.25) is 0 Å². The van der Waals surface area contributed by atoms with E-state index in [0.717, 1.165) is 11.6 Å². The summed E-state index contributed by atoms with van der Waals surface area (Å²) in [6.45, 7) is 1.89. The van der Waals surface area contributed by atoms with E-state index in [9.17, 15) is 18.0 Å². The summed E-state index contributed by atoms with van der Waals surface area (Å²) in [5.74, 6) is 0.225. The number of alkyl halides is 3. The molecule has 3 rings (SSSR count). The van der Waals surface area contributed by atoms with Crippen molar-refractivity contribution in [3.63, 3.8) is 0 Å². The van der Waals surface area contributed by atoms with Crippen LogP contribution in [0.4, 0.5) is 18.9 Å². The number of benzene rings is 2. The first-order valence-electron chi connectivity index (χ1n) is 8.94. The topological polar surface area (TPSA) is 53.6 Å². The number of hydrogen-bond donors (Lipinski definition) is 2. The predicted molar refractivity (Wildman–Crippen MR) is 107 cm³/mol. The van der Waals surface area contributed by atoms with Crippen LogP contribution >= 0.6 is 12.4 Å². The van der Waals surface area contributed by atoms with Crippen molar-refractivity contribution in [1.29, 1.82) is 0 Å². The SMILES string of the molecule is COc1ccccc1C1CNCCN1CC(=O)Nc1ccccc1C(F)(F)F.Cl. The first kappa shape index (κ1) is 23.0. The lowest BCUT2D eigenvalue weighted by Crippen LogP contribution is -2.48. The molecule has 0 radical (unpaired) electrons. The molecular weight excluding hydrogens is 407 g/mol. The average molecular weight is 430 g/mol. The van der Waals surface area contributed by atoms with Gasteiger partial charge in [-0.15, -0.1) is 12.4 Å². The summed E-state index contributed by atoms with van der Waals surface area (Å²) >= 11 is 0. The highest BCUT2D eigenvalue weighted by Gasteiger charge is 2.34. The summed E-state index contributed by atoms with van der Waals surface area (Å²) in [5, 5.41) is 5.70. The van der Waals surface area contributed by atoms with Gasteiger partial charge in [0, 0.05) is 25.2 Å². The Balaban J connectivity index is 0.00000300. The number of carbonyl (C=O) groups is 1. The van der Waals surface area contributed by atoms with Gasteiger partial charge in [0.2, 0.25) is 5.91 Å². The molecule has 1 unspecified atom stereocenters. The number of ether oxygens (including phenoxy) is 1. The van der Waals surface area contributed by atoms with Crippen molar-refractivity contribution < 1.29 is 22.7 Å². The zero-order valence-corrected chi connectivity index (χ0v) is 16.6. The molecule has 1 aliphatic heterocycles. The predicted octanol–water partition coefficient (Wildman–Crippen LogP) is 3.72. The zero-order valence-electron chi connectivity index (χ0n) is 15.8. The lowest BCUT2D eigenvalue weighted by Gasteiger charge is -2.36. The Morgan fingerprint density at radius 3 is 2.62 bits per heavy atom. The largest absolute Gasteiger partial charge is 0.496 e.